The molecule has 6 nitrogen and oxygen atoms in total. The van der Waals surface area contributed by atoms with E-state index in [1.165, 1.54) is 0 Å². The fraction of sp³-hybridized carbons (Fsp3) is 0.500. The summed E-state index contributed by atoms with van der Waals surface area (Å²) in [5.74, 6) is -0.634. The van der Waals surface area contributed by atoms with Crippen LogP contribution in [-0.2, 0) is 11.0 Å². The second-order valence-corrected chi connectivity index (χ2v) is 6.76. The number of hydrogen-bond donors (Lipinski definition) is 2. The highest BCUT2D eigenvalue weighted by Crippen LogP contribution is 2.29. The predicted octanol–water partition coefficient (Wildman–Crippen LogP) is 1.68. The Bertz CT molecular complexity index is 757. The summed E-state index contributed by atoms with van der Waals surface area (Å²) in [6, 6.07) is 4.93. The molecule has 9 heteroatoms. The summed E-state index contributed by atoms with van der Waals surface area (Å²) < 4.78 is 37.8. The van der Waals surface area contributed by atoms with Crippen LogP contribution in [0.25, 0.3) is 0 Å². The summed E-state index contributed by atoms with van der Waals surface area (Å²) in [5.41, 5.74) is -0.688. The van der Waals surface area contributed by atoms with Crippen molar-refractivity contribution in [3.63, 3.8) is 0 Å². The monoisotopic (exact) mass is 380 g/mol. The summed E-state index contributed by atoms with van der Waals surface area (Å²) >= 11 is 0. The first-order chi connectivity index (χ1) is 12.8. The normalized spacial score (nSPS) is 25.3. The van der Waals surface area contributed by atoms with Crippen LogP contribution >= 0.6 is 0 Å². The van der Waals surface area contributed by atoms with Gasteiger partial charge in [0.1, 0.15) is 6.04 Å². The SMILES string of the molecule is N#CC1CCCN1C(=O)[C@@H]1C[C@H](NC(=O)c2ccc(C(F)(F)F)cc2)CN1. The molecule has 1 aromatic carbocycles. The molecule has 3 atom stereocenters. The maximum atomic E-state index is 12.6. The lowest BCUT2D eigenvalue weighted by Crippen LogP contribution is -2.45. The lowest BCUT2D eigenvalue weighted by Gasteiger charge is -2.23. The number of carbonyl (C=O) groups is 2. The van der Waals surface area contributed by atoms with E-state index in [1.807, 2.05) is 0 Å². The van der Waals surface area contributed by atoms with Crippen molar-refractivity contribution in [1.82, 2.24) is 15.5 Å². The molecule has 2 saturated heterocycles. The molecule has 0 saturated carbocycles. The number of likely N-dealkylation sites (tertiary alicyclic amines) is 1. The van der Waals surface area contributed by atoms with Crippen LogP contribution in [0, 0.1) is 11.3 Å². The molecule has 0 aromatic heterocycles. The fourth-order valence-corrected chi connectivity index (χ4v) is 3.48. The standard InChI is InChI=1S/C18H19F3N4O2/c19-18(20,21)12-5-3-11(4-6-12)16(26)24-13-8-15(23-10-13)17(27)25-7-1-2-14(25)9-22/h3-6,13-15,23H,1-2,7-8,10H2,(H,24,26)/t13-,14?,15-/m0/s1. The van der Waals surface area contributed by atoms with E-state index in [0.29, 0.717) is 25.9 Å². The van der Waals surface area contributed by atoms with Gasteiger partial charge in [-0.25, -0.2) is 0 Å². The van der Waals surface area contributed by atoms with Gasteiger partial charge in [0, 0.05) is 24.7 Å². The number of alkyl halides is 3. The Kier molecular flexibility index (Phi) is 5.37. The number of carbonyl (C=O) groups excluding carboxylic acids is 2. The first kappa shape index (κ1) is 19.2. The number of nitrogens with one attached hydrogen (secondary N) is 2. The molecule has 2 N–H and O–H groups in total. The number of nitriles is 1. The van der Waals surface area contributed by atoms with Crippen LogP contribution in [-0.4, -0.2) is 47.9 Å². The molecular formula is C18H19F3N4O2. The zero-order chi connectivity index (χ0) is 19.6. The van der Waals surface area contributed by atoms with Crippen LogP contribution in [0.2, 0.25) is 0 Å². The zero-order valence-corrected chi connectivity index (χ0v) is 14.4. The largest absolute Gasteiger partial charge is 0.416 e. The number of rotatable bonds is 3. The van der Waals surface area contributed by atoms with Crippen LogP contribution in [0.3, 0.4) is 0 Å². The summed E-state index contributed by atoms with van der Waals surface area (Å²) in [6.45, 7) is 0.936. The Morgan fingerprint density at radius 1 is 1.26 bits per heavy atom. The number of halogens is 3. The highest BCUT2D eigenvalue weighted by Gasteiger charge is 2.37. The van der Waals surface area contributed by atoms with E-state index in [-0.39, 0.29) is 17.5 Å². The molecule has 0 spiro atoms. The van der Waals surface area contributed by atoms with Gasteiger partial charge in [-0.15, -0.1) is 0 Å². The number of nitrogens with zero attached hydrogens (tertiary/aromatic N) is 2. The second-order valence-electron chi connectivity index (χ2n) is 6.76. The maximum absolute atomic E-state index is 12.6. The molecule has 0 radical (unpaired) electrons. The molecule has 2 aliphatic heterocycles. The van der Waals surface area contributed by atoms with Crippen molar-refractivity contribution < 1.29 is 22.8 Å². The minimum absolute atomic E-state index is 0.127. The summed E-state index contributed by atoms with van der Waals surface area (Å²) in [5, 5.41) is 14.9. The number of hydrogen-bond acceptors (Lipinski definition) is 4. The van der Waals surface area contributed by atoms with Crippen molar-refractivity contribution in [2.45, 2.75) is 43.6 Å². The van der Waals surface area contributed by atoms with Crippen LogP contribution in [0.4, 0.5) is 13.2 Å². The van der Waals surface area contributed by atoms with Crippen LogP contribution in [0.1, 0.15) is 35.2 Å². The van der Waals surface area contributed by atoms with Gasteiger partial charge in [0.05, 0.1) is 17.7 Å². The topological polar surface area (TPSA) is 85.2 Å². The summed E-state index contributed by atoms with van der Waals surface area (Å²) in [6.07, 6.45) is -2.61. The summed E-state index contributed by atoms with van der Waals surface area (Å²) in [4.78, 5) is 26.3. The molecule has 0 aliphatic carbocycles. The molecule has 3 rings (SSSR count). The molecule has 144 valence electrons. The van der Waals surface area contributed by atoms with Gasteiger partial charge in [0.15, 0.2) is 0 Å². The van der Waals surface area contributed by atoms with Crippen LogP contribution < -0.4 is 10.6 Å². The van der Waals surface area contributed by atoms with Crippen LogP contribution in [0.5, 0.6) is 0 Å². The number of benzene rings is 1. The third-order valence-electron chi connectivity index (χ3n) is 4.92. The van der Waals surface area contributed by atoms with Crippen molar-refractivity contribution in [2.24, 2.45) is 0 Å². The van der Waals surface area contributed by atoms with E-state index in [9.17, 15) is 22.8 Å². The Morgan fingerprint density at radius 2 is 1.96 bits per heavy atom. The highest BCUT2D eigenvalue weighted by atomic mass is 19.4. The van der Waals surface area contributed by atoms with Gasteiger partial charge in [0.25, 0.3) is 5.91 Å². The molecule has 1 aromatic rings. The molecule has 2 amide bonds. The zero-order valence-electron chi connectivity index (χ0n) is 14.4. The first-order valence-electron chi connectivity index (χ1n) is 8.71. The van der Waals surface area contributed by atoms with Gasteiger partial charge < -0.3 is 15.5 Å². The molecular weight excluding hydrogens is 361 g/mol. The van der Waals surface area contributed by atoms with E-state index in [1.54, 1.807) is 4.90 Å². The minimum atomic E-state index is -4.45. The Hall–Kier alpha value is -2.60. The van der Waals surface area contributed by atoms with E-state index in [2.05, 4.69) is 16.7 Å². The van der Waals surface area contributed by atoms with Gasteiger partial charge in [-0.2, -0.15) is 18.4 Å². The average Bonchev–Trinajstić information content (AvgIpc) is 3.29. The van der Waals surface area contributed by atoms with Gasteiger partial charge in [-0.1, -0.05) is 0 Å². The third kappa shape index (κ3) is 4.22. The second kappa shape index (κ2) is 7.56. The van der Waals surface area contributed by atoms with Gasteiger partial charge in [0.2, 0.25) is 5.91 Å². The summed E-state index contributed by atoms with van der Waals surface area (Å²) in [7, 11) is 0. The lowest BCUT2D eigenvalue weighted by atomic mass is 10.1. The van der Waals surface area contributed by atoms with E-state index in [4.69, 9.17) is 5.26 Å². The first-order valence-corrected chi connectivity index (χ1v) is 8.71. The molecule has 0 bridgehead atoms. The Balaban J connectivity index is 1.56. The molecule has 2 fully saturated rings. The van der Waals surface area contributed by atoms with Crippen molar-refractivity contribution >= 4 is 11.8 Å². The Morgan fingerprint density at radius 3 is 2.59 bits per heavy atom. The highest BCUT2D eigenvalue weighted by molar-refractivity contribution is 5.94. The Labute approximate surface area is 154 Å². The van der Waals surface area contributed by atoms with Crippen molar-refractivity contribution in [2.75, 3.05) is 13.1 Å². The van der Waals surface area contributed by atoms with Gasteiger partial charge >= 0.3 is 6.18 Å². The van der Waals surface area contributed by atoms with E-state index in [0.717, 1.165) is 30.7 Å². The molecule has 2 aliphatic rings. The smallest absolute Gasteiger partial charge is 0.348 e. The molecule has 27 heavy (non-hydrogen) atoms. The maximum Gasteiger partial charge on any atom is 0.416 e. The number of amides is 2. The van der Waals surface area contributed by atoms with Gasteiger partial charge in [-0.05, 0) is 43.5 Å². The average molecular weight is 380 g/mol. The van der Waals surface area contributed by atoms with E-state index >= 15 is 0 Å². The van der Waals surface area contributed by atoms with Crippen molar-refractivity contribution in [3.8, 4) is 6.07 Å². The van der Waals surface area contributed by atoms with Gasteiger partial charge in [-0.3, -0.25) is 9.59 Å². The van der Waals surface area contributed by atoms with Crippen molar-refractivity contribution in [3.05, 3.63) is 35.4 Å². The molecule has 1 unspecified atom stereocenters. The molecule has 2 heterocycles. The minimum Gasteiger partial charge on any atom is -0.348 e. The quantitative estimate of drug-likeness (QED) is 0.836. The predicted molar refractivity (Wildman–Crippen MR) is 89.5 cm³/mol. The van der Waals surface area contributed by atoms with Crippen LogP contribution in [0.15, 0.2) is 24.3 Å². The lowest BCUT2D eigenvalue weighted by molar-refractivity contribution is -0.137. The fourth-order valence-electron chi connectivity index (χ4n) is 3.48. The van der Waals surface area contributed by atoms with E-state index < -0.39 is 29.7 Å². The third-order valence-corrected chi connectivity index (χ3v) is 4.92. The van der Waals surface area contributed by atoms with Crippen molar-refractivity contribution in [1.29, 1.82) is 5.26 Å².